The summed E-state index contributed by atoms with van der Waals surface area (Å²) in [5.74, 6) is -2.03. The van der Waals surface area contributed by atoms with Gasteiger partial charge in [0.05, 0.1) is 24.4 Å². The van der Waals surface area contributed by atoms with E-state index >= 15 is 0 Å². The number of amides is 1. The van der Waals surface area contributed by atoms with Crippen LogP contribution >= 0.6 is 11.3 Å². The lowest BCUT2D eigenvalue weighted by molar-refractivity contribution is 0.0260. The minimum atomic E-state index is -0.832. The molecule has 182 valence electrons. The molecule has 0 bridgehead atoms. The van der Waals surface area contributed by atoms with Crippen molar-refractivity contribution in [2.75, 3.05) is 18.5 Å². The number of aromatic nitrogens is 4. The number of anilines is 1. The third-order valence-corrected chi connectivity index (χ3v) is 6.96. The number of rotatable bonds is 7. The molecule has 0 aromatic carbocycles. The second-order valence-electron chi connectivity index (χ2n) is 8.37. The fourth-order valence-corrected chi connectivity index (χ4v) is 5.14. The second kappa shape index (κ2) is 10.1. The third-order valence-electron chi connectivity index (χ3n) is 6.07. The molecule has 8 nitrogen and oxygen atoms in total. The van der Waals surface area contributed by atoms with Gasteiger partial charge < -0.3 is 10.1 Å². The molecule has 0 spiro atoms. The molecule has 0 saturated heterocycles. The first kappa shape index (κ1) is 23.4. The van der Waals surface area contributed by atoms with Crippen molar-refractivity contribution in [3.8, 4) is 11.4 Å². The molecule has 1 fully saturated rings. The van der Waals surface area contributed by atoms with Gasteiger partial charge in [-0.05, 0) is 44.7 Å². The molecule has 2 aliphatic rings. The van der Waals surface area contributed by atoms with Gasteiger partial charge >= 0.3 is 0 Å². The van der Waals surface area contributed by atoms with Crippen LogP contribution in [0.3, 0.4) is 0 Å². The Bertz CT molecular complexity index is 1290. The standard InChI is InChI=1S/C24H24F2N6O2S/c1-2-34-16-5-3-15(4-6-16)32-12-18(22(31-32)21-17(25)7-8-20(26)30-21)28-23(33)19-13-35-24(29-19)14-9-10-27-11-14/h7-9,11-13,15-16H,2-6,10H2,1H3,(H,28,33). The van der Waals surface area contributed by atoms with Crippen LogP contribution in [-0.2, 0) is 4.74 Å². The molecule has 3 aromatic rings. The summed E-state index contributed by atoms with van der Waals surface area (Å²) in [5.41, 5.74) is 1.15. The van der Waals surface area contributed by atoms with Gasteiger partial charge in [0.15, 0.2) is 5.82 Å². The molecule has 5 rings (SSSR count). The van der Waals surface area contributed by atoms with Gasteiger partial charge in [0.25, 0.3) is 5.91 Å². The van der Waals surface area contributed by atoms with Crippen LogP contribution in [0.4, 0.5) is 14.5 Å². The number of carbonyl (C=O) groups excluding carboxylic acids is 1. The molecule has 1 aliphatic carbocycles. The Morgan fingerprint density at radius 2 is 2.03 bits per heavy atom. The molecule has 1 saturated carbocycles. The van der Waals surface area contributed by atoms with E-state index in [1.807, 2.05) is 13.0 Å². The van der Waals surface area contributed by atoms with E-state index in [-0.39, 0.29) is 34.9 Å². The number of allylic oxidation sites excluding steroid dienone is 1. The lowest BCUT2D eigenvalue weighted by Gasteiger charge is -2.28. The summed E-state index contributed by atoms with van der Waals surface area (Å²) < 4.78 is 35.9. The number of thiazole rings is 1. The molecular weight excluding hydrogens is 474 g/mol. The summed E-state index contributed by atoms with van der Waals surface area (Å²) in [6.45, 7) is 3.24. The summed E-state index contributed by atoms with van der Waals surface area (Å²) in [6, 6.07) is 1.99. The molecule has 11 heteroatoms. The van der Waals surface area contributed by atoms with Crippen LogP contribution in [-0.4, -0.2) is 51.1 Å². The third kappa shape index (κ3) is 5.06. The van der Waals surface area contributed by atoms with E-state index in [1.165, 1.54) is 11.3 Å². The zero-order chi connectivity index (χ0) is 24.4. The Morgan fingerprint density at radius 3 is 2.77 bits per heavy atom. The molecule has 4 heterocycles. The largest absolute Gasteiger partial charge is 0.379 e. The maximum atomic E-state index is 14.6. The van der Waals surface area contributed by atoms with Gasteiger partial charge in [0.2, 0.25) is 5.95 Å². The SMILES string of the molecule is CCOC1CCC(n2cc(NC(=O)c3csc(C4=CCN=C4)n3)c(-c3nc(F)ccc3F)n2)CC1. The summed E-state index contributed by atoms with van der Waals surface area (Å²) in [4.78, 5) is 25.3. The molecule has 35 heavy (non-hydrogen) atoms. The van der Waals surface area contributed by atoms with E-state index in [0.29, 0.717) is 18.2 Å². The first-order valence-corrected chi connectivity index (χ1v) is 12.4. The average molecular weight is 499 g/mol. The summed E-state index contributed by atoms with van der Waals surface area (Å²) in [6.07, 6.45) is 8.93. The molecule has 3 aromatic heterocycles. The van der Waals surface area contributed by atoms with Gasteiger partial charge in [0, 0.05) is 30.0 Å². The van der Waals surface area contributed by atoms with E-state index in [1.54, 1.807) is 22.5 Å². The highest BCUT2D eigenvalue weighted by molar-refractivity contribution is 7.11. The number of pyridine rings is 1. The van der Waals surface area contributed by atoms with Crippen molar-refractivity contribution in [2.24, 2.45) is 4.99 Å². The number of aliphatic imine (C=N–C) groups is 1. The smallest absolute Gasteiger partial charge is 0.275 e. The maximum absolute atomic E-state index is 14.6. The zero-order valence-electron chi connectivity index (χ0n) is 19.1. The Kier molecular flexibility index (Phi) is 6.78. The molecule has 0 atom stereocenters. The molecular formula is C24H24F2N6O2S. The number of carbonyl (C=O) groups is 1. The number of nitrogens with one attached hydrogen (secondary N) is 1. The van der Waals surface area contributed by atoms with Crippen LogP contribution in [0.25, 0.3) is 17.0 Å². The summed E-state index contributed by atoms with van der Waals surface area (Å²) >= 11 is 1.34. The van der Waals surface area contributed by atoms with Crippen LogP contribution < -0.4 is 5.32 Å². The number of hydrogen-bond donors (Lipinski definition) is 1. The van der Waals surface area contributed by atoms with Crippen molar-refractivity contribution in [3.05, 3.63) is 52.3 Å². The van der Waals surface area contributed by atoms with E-state index in [9.17, 15) is 13.6 Å². The van der Waals surface area contributed by atoms with E-state index in [2.05, 4.69) is 25.4 Å². The minimum Gasteiger partial charge on any atom is -0.379 e. The second-order valence-corrected chi connectivity index (χ2v) is 9.23. The van der Waals surface area contributed by atoms with Crippen LogP contribution in [0.2, 0.25) is 0 Å². The van der Waals surface area contributed by atoms with E-state index < -0.39 is 17.7 Å². The van der Waals surface area contributed by atoms with Gasteiger partial charge in [-0.25, -0.2) is 14.4 Å². The first-order valence-electron chi connectivity index (χ1n) is 11.5. The Morgan fingerprint density at radius 1 is 1.20 bits per heavy atom. The van der Waals surface area contributed by atoms with Crippen molar-refractivity contribution in [2.45, 2.75) is 44.8 Å². The highest BCUT2D eigenvalue weighted by Gasteiger charge is 2.27. The van der Waals surface area contributed by atoms with E-state index in [4.69, 9.17) is 4.74 Å². The number of nitrogens with zero attached hydrogens (tertiary/aromatic N) is 5. The first-order chi connectivity index (χ1) is 17.0. The summed E-state index contributed by atoms with van der Waals surface area (Å²) in [7, 11) is 0. The maximum Gasteiger partial charge on any atom is 0.275 e. The summed E-state index contributed by atoms with van der Waals surface area (Å²) in [5, 5.41) is 9.66. The zero-order valence-corrected chi connectivity index (χ0v) is 19.9. The van der Waals surface area contributed by atoms with E-state index in [0.717, 1.165) is 43.4 Å². The molecule has 1 aliphatic heterocycles. The number of hydrogen-bond acceptors (Lipinski definition) is 7. The Hall–Kier alpha value is -3.31. The predicted octanol–water partition coefficient (Wildman–Crippen LogP) is 4.92. The molecule has 0 radical (unpaired) electrons. The van der Waals surface area contributed by atoms with Crippen molar-refractivity contribution in [1.82, 2.24) is 19.7 Å². The van der Waals surface area contributed by atoms with Gasteiger partial charge in [0.1, 0.15) is 22.1 Å². The Balaban J connectivity index is 1.43. The highest BCUT2D eigenvalue weighted by atomic mass is 32.1. The molecule has 0 unspecified atom stereocenters. The van der Waals surface area contributed by atoms with Gasteiger partial charge in [-0.1, -0.05) is 6.08 Å². The monoisotopic (exact) mass is 498 g/mol. The van der Waals surface area contributed by atoms with Gasteiger partial charge in [-0.2, -0.15) is 9.49 Å². The van der Waals surface area contributed by atoms with Crippen LogP contribution in [0.1, 0.15) is 54.1 Å². The number of halogens is 2. The Labute approximate surface area is 204 Å². The minimum absolute atomic E-state index is 0.0483. The van der Waals surface area contributed by atoms with Gasteiger partial charge in [-0.15, -0.1) is 11.3 Å². The van der Waals surface area contributed by atoms with Crippen molar-refractivity contribution >= 4 is 34.7 Å². The molecule has 1 amide bonds. The lowest BCUT2D eigenvalue weighted by atomic mass is 9.93. The fourth-order valence-electron chi connectivity index (χ4n) is 4.34. The van der Waals surface area contributed by atoms with Crippen molar-refractivity contribution in [1.29, 1.82) is 0 Å². The number of ether oxygens (including phenoxy) is 1. The quantitative estimate of drug-likeness (QED) is 0.467. The highest BCUT2D eigenvalue weighted by Crippen LogP contribution is 2.34. The van der Waals surface area contributed by atoms with Crippen molar-refractivity contribution in [3.63, 3.8) is 0 Å². The molecule has 1 N–H and O–H groups in total. The van der Waals surface area contributed by atoms with Crippen molar-refractivity contribution < 1.29 is 18.3 Å². The lowest BCUT2D eigenvalue weighted by Crippen LogP contribution is -2.24. The van der Waals surface area contributed by atoms with Crippen LogP contribution in [0.5, 0.6) is 0 Å². The van der Waals surface area contributed by atoms with Crippen LogP contribution in [0, 0.1) is 11.8 Å². The topological polar surface area (TPSA) is 94.3 Å². The van der Waals surface area contributed by atoms with Gasteiger partial charge in [-0.3, -0.25) is 14.5 Å². The average Bonchev–Trinajstić information content (AvgIpc) is 3.62. The predicted molar refractivity (Wildman–Crippen MR) is 130 cm³/mol. The fraction of sp³-hybridized carbons (Fsp3) is 0.375. The van der Waals surface area contributed by atoms with Crippen LogP contribution in [0.15, 0.2) is 34.8 Å². The normalized spacial score (nSPS) is 19.7.